The summed E-state index contributed by atoms with van der Waals surface area (Å²) in [5.74, 6) is 1.21. The van der Waals surface area contributed by atoms with Gasteiger partial charge in [0, 0.05) is 25.4 Å². The zero-order chi connectivity index (χ0) is 21.3. The first-order valence-corrected chi connectivity index (χ1v) is 9.97. The van der Waals surface area contributed by atoms with E-state index in [9.17, 15) is 9.59 Å². The first-order valence-electron chi connectivity index (χ1n) is 9.97. The van der Waals surface area contributed by atoms with Gasteiger partial charge in [0.2, 0.25) is 17.6 Å². The number of amides is 2. The van der Waals surface area contributed by atoms with Crippen molar-refractivity contribution in [2.24, 2.45) is 0 Å². The van der Waals surface area contributed by atoms with Crippen molar-refractivity contribution in [3.05, 3.63) is 53.6 Å². The quantitative estimate of drug-likeness (QED) is 0.792. The lowest BCUT2D eigenvalue weighted by Crippen LogP contribution is -2.53. The molecule has 30 heavy (non-hydrogen) atoms. The Bertz CT molecular complexity index is 936. The van der Waals surface area contributed by atoms with Gasteiger partial charge >= 0.3 is 0 Å². The summed E-state index contributed by atoms with van der Waals surface area (Å²) in [7, 11) is 4.69. The molecule has 1 spiro atoms. The Morgan fingerprint density at radius 2 is 1.70 bits per heavy atom. The number of hydrogen-bond donors (Lipinski definition) is 1. The average molecular weight is 410 g/mol. The third-order valence-corrected chi connectivity index (χ3v) is 6.21. The van der Waals surface area contributed by atoms with Gasteiger partial charge in [-0.2, -0.15) is 0 Å². The lowest BCUT2D eigenvalue weighted by atomic mass is 9.79. The molecule has 2 heterocycles. The lowest BCUT2D eigenvalue weighted by molar-refractivity contribution is -0.140. The molecule has 7 nitrogen and oxygen atoms in total. The van der Waals surface area contributed by atoms with Crippen LogP contribution in [0.4, 0.5) is 0 Å². The van der Waals surface area contributed by atoms with Crippen molar-refractivity contribution < 1.29 is 23.8 Å². The molecule has 0 saturated carbocycles. The Hall–Kier alpha value is -3.22. The first kappa shape index (κ1) is 20.1. The van der Waals surface area contributed by atoms with E-state index in [4.69, 9.17) is 14.2 Å². The van der Waals surface area contributed by atoms with E-state index in [0.29, 0.717) is 43.2 Å². The molecule has 2 aromatic rings. The molecule has 2 aliphatic rings. The number of ether oxygens (including phenoxy) is 3. The van der Waals surface area contributed by atoms with Gasteiger partial charge in [-0.25, -0.2) is 0 Å². The van der Waals surface area contributed by atoms with Crippen LogP contribution in [-0.4, -0.2) is 50.1 Å². The molecule has 2 unspecified atom stereocenters. The molecule has 2 aromatic carbocycles. The normalized spacial score (nSPS) is 23.0. The number of nitrogens with one attached hydrogen (secondary N) is 1. The van der Waals surface area contributed by atoms with Crippen LogP contribution in [0.2, 0.25) is 0 Å². The molecular weight excluding hydrogens is 384 g/mol. The van der Waals surface area contributed by atoms with Crippen molar-refractivity contribution in [1.82, 2.24) is 10.2 Å². The number of benzene rings is 2. The number of carbonyl (C=O) groups is 2. The molecule has 158 valence electrons. The maximum absolute atomic E-state index is 13.2. The molecule has 0 radical (unpaired) electrons. The number of nitrogens with zero attached hydrogens (tertiary/aromatic N) is 1. The minimum absolute atomic E-state index is 0.00616. The van der Waals surface area contributed by atoms with Crippen molar-refractivity contribution in [1.29, 1.82) is 0 Å². The van der Waals surface area contributed by atoms with E-state index in [1.807, 2.05) is 42.5 Å². The van der Waals surface area contributed by atoms with Gasteiger partial charge in [-0.15, -0.1) is 0 Å². The van der Waals surface area contributed by atoms with Crippen LogP contribution in [0.25, 0.3) is 0 Å². The highest BCUT2D eigenvalue weighted by molar-refractivity contribution is 5.97. The van der Waals surface area contributed by atoms with E-state index in [1.54, 1.807) is 26.2 Å². The summed E-state index contributed by atoms with van der Waals surface area (Å²) in [5.41, 5.74) is 0.934. The maximum Gasteiger partial charge on any atom is 0.246 e. The third kappa shape index (κ3) is 3.05. The molecular formula is C23H26N2O5. The molecule has 1 N–H and O–H groups in total. The second-order valence-electron chi connectivity index (χ2n) is 7.61. The number of likely N-dealkylation sites (tertiary alicyclic amines) is 1. The molecule has 4 rings (SSSR count). The Morgan fingerprint density at radius 3 is 2.30 bits per heavy atom. The van der Waals surface area contributed by atoms with E-state index in [2.05, 4.69) is 5.32 Å². The zero-order valence-electron chi connectivity index (χ0n) is 17.4. The highest BCUT2D eigenvalue weighted by atomic mass is 16.5. The summed E-state index contributed by atoms with van der Waals surface area (Å²) in [6.45, 7) is 0.837. The summed E-state index contributed by atoms with van der Waals surface area (Å²) in [6.07, 6.45) is 0.826. The fourth-order valence-corrected chi connectivity index (χ4v) is 4.75. The van der Waals surface area contributed by atoms with Gasteiger partial charge in [-0.05, 0) is 29.7 Å². The molecule has 2 aliphatic heterocycles. The number of hydrogen-bond acceptors (Lipinski definition) is 5. The standard InChI is InChI=1S/C23H26N2O5/c1-28-18-11-16(12-19(29-2)21(18)30-3)17-13-24-22(27)23(17)10-9-20(26)25(23)14-15-7-5-4-6-8-15/h4-8,11-12,17H,9-10,13-14H2,1-3H3,(H,24,27). The Balaban J connectivity index is 1.79. The monoisotopic (exact) mass is 410 g/mol. The molecule has 0 aromatic heterocycles. The molecule has 2 atom stereocenters. The third-order valence-electron chi connectivity index (χ3n) is 6.21. The summed E-state index contributed by atoms with van der Waals surface area (Å²) < 4.78 is 16.5. The SMILES string of the molecule is COc1cc(C2CNC(=O)C23CCC(=O)N3Cc2ccccc2)cc(OC)c1OC. The van der Waals surface area contributed by atoms with Gasteiger partial charge in [-0.1, -0.05) is 30.3 Å². The summed E-state index contributed by atoms with van der Waals surface area (Å²) in [6, 6.07) is 13.5. The summed E-state index contributed by atoms with van der Waals surface area (Å²) in [4.78, 5) is 27.8. The van der Waals surface area contributed by atoms with Gasteiger partial charge in [0.1, 0.15) is 5.54 Å². The second-order valence-corrected chi connectivity index (χ2v) is 7.61. The largest absolute Gasteiger partial charge is 0.493 e. The van der Waals surface area contributed by atoms with Crippen molar-refractivity contribution in [3.63, 3.8) is 0 Å². The second kappa shape index (κ2) is 7.89. The number of rotatable bonds is 6. The first-order chi connectivity index (χ1) is 14.5. The molecule has 2 fully saturated rings. The van der Waals surface area contributed by atoms with Crippen molar-refractivity contribution in [2.45, 2.75) is 30.8 Å². The molecule has 2 amide bonds. The molecule has 2 saturated heterocycles. The highest BCUT2D eigenvalue weighted by Crippen LogP contribution is 2.49. The van der Waals surface area contributed by atoms with Crippen molar-refractivity contribution in [3.8, 4) is 17.2 Å². The highest BCUT2D eigenvalue weighted by Gasteiger charge is 2.59. The van der Waals surface area contributed by atoms with Crippen LogP contribution < -0.4 is 19.5 Å². The Morgan fingerprint density at radius 1 is 1.03 bits per heavy atom. The van der Waals surface area contributed by atoms with Gasteiger partial charge in [-0.3, -0.25) is 9.59 Å². The smallest absolute Gasteiger partial charge is 0.246 e. The fourth-order valence-electron chi connectivity index (χ4n) is 4.75. The topological polar surface area (TPSA) is 77.1 Å². The van der Waals surface area contributed by atoms with Crippen LogP contribution in [0.5, 0.6) is 17.2 Å². The van der Waals surface area contributed by atoms with E-state index < -0.39 is 5.54 Å². The van der Waals surface area contributed by atoms with Crippen LogP contribution in [0.1, 0.15) is 29.9 Å². The van der Waals surface area contributed by atoms with Crippen LogP contribution in [0.15, 0.2) is 42.5 Å². The van der Waals surface area contributed by atoms with Crippen molar-refractivity contribution >= 4 is 11.8 Å². The summed E-state index contributed by atoms with van der Waals surface area (Å²) in [5, 5.41) is 3.00. The van der Waals surface area contributed by atoms with Crippen LogP contribution in [-0.2, 0) is 16.1 Å². The van der Waals surface area contributed by atoms with Crippen LogP contribution in [0, 0.1) is 0 Å². The van der Waals surface area contributed by atoms with E-state index in [-0.39, 0.29) is 17.7 Å². The minimum Gasteiger partial charge on any atom is -0.493 e. The van der Waals surface area contributed by atoms with Gasteiger partial charge in [0.15, 0.2) is 11.5 Å². The van der Waals surface area contributed by atoms with E-state index in [1.165, 1.54) is 0 Å². The number of methoxy groups -OCH3 is 3. The van der Waals surface area contributed by atoms with E-state index in [0.717, 1.165) is 11.1 Å². The van der Waals surface area contributed by atoms with Gasteiger partial charge in [0.05, 0.1) is 21.3 Å². The Labute approximate surface area is 175 Å². The summed E-state index contributed by atoms with van der Waals surface area (Å²) >= 11 is 0. The Kier molecular flexibility index (Phi) is 5.28. The zero-order valence-corrected chi connectivity index (χ0v) is 17.4. The average Bonchev–Trinajstić information content (AvgIpc) is 3.28. The fraction of sp³-hybridized carbons (Fsp3) is 0.391. The van der Waals surface area contributed by atoms with Gasteiger partial charge < -0.3 is 24.4 Å². The molecule has 0 bridgehead atoms. The molecule has 0 aliphatic carbocycles. The predicted molar refractivity (Wildman–Crippen MR) is 111 cm³/mol. The number of carbonyl (C=O) groups excluding carboxylic acids is 2. The van der Waals surface area contributed by atoms with Crippen LogP contribution >= 0.6 is 0 Å². The molecule has 7 heteroatoms. The lowest BCUT2D eigenvalue weighted by Gasteiger charge is -2.38. The van der Waals surface area contributed by atoms with E-state index >= 15 is 0 Å². The predicted octanol–water partition coefficient (Wildman–Crippen LogP) is 2.49. The van der Waals surface area contributed by atoms with Crippen molar-refractivity contribution in [2.75, 3.05) is 27.9 Å². The maximum atomic E-state index is 13.2. The van der Waals surface area contributed by atoms with Gasteiger partial charge in [0.25, 0.3) is 0 Å². The minimum atomic E-state index is -0.933. The van der Waals surface area contributed by atoms with Crippen LogP contribution in [0.3, 0.4) is 0 Å².